The molecule has 0 unspecified atom stereocenters. The lowest BCUT2D eigenvalue weighted by Gasteiger charge is -2.17. The molecule has 2 heterocycles. The second-order valence-corrected chi connectivity index (χ2v) is 7.63. The minimum absolute atomic E-state index is 0.0919. The van der Waals surface area contributed by atoms with Crippen molar-refractivity contribution in [1.29, 1.82) is 0 Å². The van der Waals surface area contributed by atoms with E-state index in [-0.39, 0.29) is 48.6 Å². The van der Waals surface area contributed by atoms with Crippen LogP contribution in [0.15, 0.2) is 12.2 Å². The van der Waals surface area contributed by atoms with E-state index in [1.807, 2.05) is 6.92 Å². The fourth-order valence-electron chi connectivity index (χ4n) is 4.05. The number of carbonyl (C=O) groups excluding carboxylic acids is 3. The summed E-state index contributed by atoms with van der Waals surface area (Å²) in [5.41, 5.74) is 0. The van der Waals surface area contributed by atoms with Crippen LogP contribution in [0.4, 0.5) is 9.93 Å². The molecule has 132 valence electrons. The van der Waals surface area contributed by atoms with E-state index in [9.17, 15) is 14.4 Å². The molecule has 1 aliphatic heterocycles. The number of aromatic nitrogens is 2. The van der Waals surface area contributed by atoms with Crippen LogP contribution in [-0.4, -0.2) is 46.0 Å². The lowest BCUT2D eigenvalue weighted by atomic mass is 9.85. The Morgan fingerprint density at radius 2 is 1.92 bits per heavy atom. The summed E-state index contributed by atoms with van der Waals surface area (Å²) in [6, 6.07) is -0.417. The Kier molecular flexibility index (Phi) is 4.03. The van der Waals surface area contributed by atoms with E-state index in [1.54, 1.807) is 0 Å². The quantitative estimate of drug-likeness (QED) is 0.602. The largest absolute Gasteiger partial charge is 0.336 e. The number of amides is 4. The van der Waals surface area contributed by atoms with Gasteiger partial charge < -0.3 is 5.32 Å². The van der Waals surface area contributed by atoms with Gasteiger partial charge in [-0.05, 0) is 24.7 Å². The highest BCUT2D eigenvalue weighted by Crippen LogP contribution is 2.52. The first kappa shape index (κ1) is 16.2. The molecule has 2 bridgehead atoms. The number of nitrogens with zero attached hydrogens (tertiary/aromatic N) is 3. The van der Waals surface area contributed by atoms with Gasteiger partial charge in [-0.15, -0.1) is 10.2 Å². The number of aryl methyl sites for hydroxylation is 1. The molecule has 0 radical (unpaired) electrons. The maximum Gasteiger partial charge on any atom is 0.321 e. The van der Waals surface area contributed by atoms with Crippen LogP contribution in [0.1, 0.15) is 18.4 Å². The maximum atomic E-state index is 12.5. The summed E-state index contributed by atoms with van der Waals surface area (Å²) in [6.45, 7) is 2.38. The minimum atomic E-state index is -0.417. The molecule has 9 heteroatoms. The van der Waals surface area contributed by atoms with E-state index in [4.69, 9.17) is 0 Å². The molecule has 1 aromatic rings. The first-order valence-electron chi connectivity index (χ1n) is 8.49. The molecule has 25 heavy (non-hydrogen) atoms. The van der Waals surface area contributed by atoms with E-state index < -0.39 is 6.03 Å². The molecule has 2 fully saturated rings. The number of hydrogen-bond acceptors (Lipinski definition) is 6. The number of fused-ring (bicyclic) bond motifs is 5. The lowest BCUT2D eigenvalue weighted by molar-refractivity contribution is -0.140. The zero-order valence-electron chi connectivity index (χ0n) is 13.8. The standard InChI is InChI=1S/C16H19N5O3S/c1-2-10-19-20-16(25-10)18-15(24)17-5-6-21-13(22)11-8-3-4-9(7-8)12(11)14(21)23/h3-4,8-9,11-12H,2,5-7H2,1H3,(H2,17,18,20,24)/t8-,9-,11-,12+/m0/s1. The van der Waals surface area contributed by atoms with Gasteiger partial charge in [0.15, 0.2) is 0 Å². The van der Waals surface area contributed by atoms with Gasteiger partial charge in [0.2, 0.25) is 16.9 Å². The molecule has 1 saturated carbocycles. The molecule has 4 amide bonds. The van der Waals surface area contributed by atoms with Crippen molar-refractivity contribution in [2.24, 2.45) is 23.7 Å². The van der Waals surface area contributed by atoms with Crippen LogP contribution in [0.25, 0.3) is 0 Å². The van der Waals surface area contributed by atoms with Gasteiger partial charge in [-0.25, -0.2) is 4.79 Å². The molecule has 2 aliphatic carbocycles. The molecule has 0 spiro atoms. The number of carbonyl (C=O) groups is 3. The fraction of sp³-hybridized carbons (Fsp3) is 0.562. The van der Waals surface area contributed by atoms with Crippen molar-refractivity contribution in [2.45, 2.75) is 19.8 Å². The van der Waals surface area contributed by atoms with E-state index in [1.165, 1.54) is 16.2 Å². The Balaban J connectivity index is 1.28. The third-order valence-electron chi connectivity index (χ3n) is 5.17. The number of hydrogen-bond donors (Lipinski definition) is 2. The normalized spacial score (nSPS) is 29.4. The Morgan fingerprint density at radius 1 is 1.24 bits per heavy atom. The molecule has 3 aliphatic rings. The van der Waals surface area contributed by atoms with Gasteiger partial charge in [0.05, 0.1) is 11.8 Å². The van der Waals surface area contributed by atoms with Gasteiger partial charge in [0, 0.05) is 13.1 Å². The Hall–Kier alpha value is -2.29. The number of imide groups is 1. The fourth-order valence-corrected chi connectivity index (χ4v) is 4.73. The zero-order valence-corrected chi connectivity index (χ0v) is 14.6. The Morgan fingerprint density at radius 3 is 2.52 bits per heavy atom. The van der Waals surface area contributed by atoms with E-state index in [0.29, 0.717) is 5.13 Å². The van der Waals surface area contributed by atoms with Crippen LogP contribution in [0.5, 0.6) is 0 Å². The van der Waals surface area contributed by atoms with E-state index in [2.05, 4.69) is 33.0 Å². The molecular formula is C16H19N5O3S. The summed E-state index contributed by atoms with van der Waals surface area (Å²) in [5.74, 6) is -0.150. The molecule has 1 aromatic heterocycles. The molecule has 8 nitrogen and oxygen atoms in total. The molecule has 2 N–H and O–H groups in total. The van der Waals surface area contributed by atoms with E-state index >= 15 is 0 Å². The maximum absolute atomic E-state index is 12.5. The summed E-state index contributed by atoms with van der Waals surface area (Å²) in [4.78, 5) is 38.2. The van der Waals surface area contributed by atoms with Crippen molar-refractivity contribution < 1.29 is 14.4 Å². The highest BCUT2D eigenvalue weighted by molar-refractivity contribution is 7.15. The third kappa shape index (κ3) is 2.72. The smallest absolute Gasteiger partial charge is 0.321 e. The molecule has 0 aromatic carbocycles. The third-order valence-corrected chi connectivity index (χ3v) is 6.16. The van der Waals surface area contributed by atoms with Gasteiger partial charge in [-0.2, -0.15) is 0 Å². The van der Waals surface area contributed by atoms with Crippen molar-refractivity contribution in [2.75, 3.05) is 18.4 Å². The zero-order chi connectivity index (χ0) is 17.6. The summed E-state index contributed by atoms with van der Waals surface area (Å²) in [6.07, 6.45) is 5.82. The van der Waals surface area contributed by atoms with Crippen molar-refractivity contribution in [3.8, 4) is 0 Å². The van der Waals surface area contributed by atoms with Crippen molar-refractivity contribution in [3.05, 3.63) is 17.2 Å². The molecule has 1 saturated heterocycles. The second-order valence-electron chi connectivity index (χ2n) is 6.56. The van der Waals surface area contributed by atoms with Gasteiger partial charge >= 0.3 is 6.03 Å². The summed E-state index contributed by atoms with van der Waals surface area (Å²) >= 11 is 1.32. The van der Waals surface area contributed by atoms with Crippen molar-refractivity contribution in [1.82, 2.24) is 20.4 Å². The van der Waals surface area contributed by atoms with Crippen molar-refractivity contribution in [3.63, 3.8) is 0 Å². The SMILES string of the molecule is CCc1nnc(NC(=O)NCCN2C(=O)[C@@H]3[C@H](C2=O)[C@H]2C=C[C@H]3C2)s1. The first-order valence-corrected chi connectivity index (χ1v) is 9.31. The number of nitrogens with one attached hydrogen (secondary N) is 2. The van der Waals surface area contributed by atoms with Crippen LogP contribution >= 0.6 is 11.3 Å². The summed E-state index contributed by atoms with van der Waals surface area (Å²) < 4.78 is 0. The molecule has 4 rings (SSSR count). The average molecular weight is 361 g/mol. The van der Waals surface area contributed by atoms with Gasteiger partial charge in [-0.1, -0.05) is 30.4 Å². The Labute approximate surface area is 148 Å². The number of allylic oxidation sites excluding steroid dienone is 2. The number of urea groups is 1. The van der Waals surface area contributed by atoms with Gasteiger partial charge in [0.25, 0.3) is 0 Å². The highest BCUT2D eigenvalue weighted by atomic mass is 32.1. The number of rotatable bonds is 5. The highest BCUT2D eigenvalue weighted by Gasteiger charge is 2.58. The second kappa shape index (κ2) is 6.21. The van der Waals surface area contributed by atoms with Crippen LogP contribution in [0.2, 0.25) is 0 Å². The van der Waals surface area contributed by atoms with Gasteiger partial charge in [0.1, 0.15) is 5.01 Å². The van der Waals surface area contributed by atoms with E-state index in [0.717, 1.165) is 17.8 Å². The lowest BCUT2D eigenvalue weighted by Crippen LogP contribution is -2.40. The topological polar surface area (TPSA) is 104 Å². The average Bonchev–Trinajstić information content (AvgIpc) is 3.35. The number of anilines is 1. The van der Waals surface area contributed by atoms with Crippen molar-refractivity contribution >= 4 is 34.3 Å². The first-order chi connectivity index (χ1) is 12.1. The van der Waals surface area contributed by atoms with Gasteiger partial charge in [-0.3, -0.25) is 19.8 Å². The Bertz CT molecular complexity index is 731. The van der Waals surface area contributed by atoms with Crippen LogP contribution in [0.3, 0.4) is 0 Å². The van der Waals surface area contributed by atoms with Crippen LogP contribution in [0, 0.1) is 23.7 Å². The molecular weight excluding hydrogens is 342 g/mol. The number of likely N-dealkylation sites (tertiary alicyclic amines) is 1. The molecule has 4 atom stereocenters. The summed E-state index contributed by atoms with van der Waals surface area (Å²) in [5, 5.41) is 14.3. The van der Waals surface area contributed by atoms with Crippen LogP contribution in [-0.2, 0) is 16.0 Å². The summed E-state index contributed by atoms with van der Waals surface area (Å²) in [7, 11) is 0. The predicted octanol–water partition coefficient (Wildman–Crippen LogP) is 1.03. The predicted molar refractivity (Wildman–Crippen MR) is 90.7 cm³/mol. The minimum Gasteiger partial charge on any atom is -0.336 e. The van der Waals surface area contributed by atoms with Crippen LogP contribution < -0.4 is 10.6 Å². The monoisotopic (exact) mass is 361 g/mol.